The summed E-state index contributed by atoms with van der Waals surface area (Å²) in [7, 11) is 1.58. The minimum Gasteiger partial charge on any atom is -0.452 e. The highest BCUT2D eigenvalue weighted by Gasteiger charge is 2.19. The van der Waals surface area contributed by atoms with Gasteiger partial charge in [-0.05, 0) is 12.5 Å². The van der Waals surface area contributed by atoms with Crippen LogP contribution >= 0.6 is 0 Å². The summed E-state index contributed by atoms with van der Waals surface area (Å²) in [6.07, 6.45) is 0.671. The van der Waals surface area contributed by atoms with Gasteiger partial charge in [-0.3, -0.25) is 9.59 Å². The lowest BCUT2D eigenvalue weighted by Gasteiger charge is -2.09. The summed E-state index contributed by atoms with van der Waals surface area (Å²) in [5, 5.41) is 2.62. The third kappa shape index (κ3) is 5.53. The Morgan fingerprint density at radius 3 is 2.27 bits per heavy atom. The van der Waals surface area contributed by atoms with Crippen molar-refractivity contribution >= 4 is 17.7 Å². The van der Waals surface area contributed by atoms with Crippen molar-refractivity contribution in [1.29, 1.82) is 0 Å². The highest BCUT2D eigenvalue weighted by Crippen LogP contribution is 2.15. The topological polar surface area (TPSA) is 81.7 Å². The van der Waals surface area contributed by atoms with E-state index in [0.29, 0.717) is 25.1 Å². The molecule has 0 aliphatic rings. The van der Waals surface area contributed by atoms with Gasteiger partial charge in [-0.15, -0.1) is 0 Å². The summed E-state index contributed by atoms with van der Waals surface area (Å²) in [4.78, 5) is 36.6. The average molecular weight is 355 g/mol. The van der Waals surface area contributed by atoms with Crippen LogP contribution in [0.25, 0.3) is 0 Å². The van der Waals surface area contributed by atoms with Gasteiger partial charge in [-0.2, -0.15) is 0 Å². The molecule has 0 aromatic heterocycles. The Morgan fingerprint density at radius 2 is 1.58 bits per heavy atom. The molecule has 2 rings (SSSR count). The number of methoxy groups -OCH3 is 1. The maximum absolute atomic E-state index is 12.6. The molecule has 6 nitrogen and oxygen atoms in total. The molecule has 0 atom stereocenters. The van der Waals surface area contributed by atoms with Crippen LogP contribution in [0.5, 0.6) is 0 Å². The zero-order chi connectivity index (χ0) is 18.8. The molecule has 0 unspecified atom stereocenters. The van der Waals surface area contributed by atoms with Crippen LogP contribution in [-0.4, -0.2) is 44.5 Å². The fourth-order valence-electron chi connectivity index (χ4n) is 2.31. The molecule has 0 spiro atoms. The van der Waals surface area contributed by atoms with E-state index in [1.165, 1.54) is 6.07 Å². The van der Waals surface area contributed by atoms with Crippen LogP contribution in [0.2, 0.25) is 0 Å². The highest BCUT2D eigenvalue weighted by atomic mass is 16.5. The number of ether oxygens (including phenoxy) is 2. The highest BCUT2D eigenvalue weighted by molar-refractivity contribution is 6.14. The van der Waals surface area contributed by atoms with Gasteiger partial charge in [0.1, 0.15) is 0 Å². The number of hydrogen-bond acceptors (Lipinski definition) is 5. The van der Waals surface area contributed by atoms with Crippen molar-refractivity contribution in [3.05, 3.63) is 71.3 Å². The van der Waals surface area contributed by atoms with E-state index in [1.54, 1.807) is 49.6 Å². The first-order valence-corrected chi connectivity index (χ1v) is 8.25. The normalized spacial score (nSPS) is 10.2. The van der Waals surface area contributed by atoms with E-state index in [4.69, 9.17) is 9.47 Å². The molecular formula is C20H21NO5. The number of amides is 1. The van der Waals surface area contributed by atoms with Crippen LogP contribution in [0, 0.1) is 0 Å². The lowest BCUT2D eigenvalue weighted by Crippen LogP contribution is -2.30. The van der Waals surface area contributed by atoms with Gasteiger partial charge in [-0.25, -0.2) is 4.79 Å². The number of benzene rings is 2. The first kappa shape index (κ1) is 19.3. The molecule has 0 fully saturated rings. The number of ketones is 1. The minimum absolute atomic E-state index is 0.133. The van der Waals surface area contributed by atoms with Crippen molar-refractivity contribution in [2.75, 3.05) is 26.9 Å². The molecule has 0 saturated carbocycles. The standard InChI is InChI=1S/C20H21NO5/c1-25-13-7-12-21-18(22)14-26-20(24)17-11-6-5-10-16(17)19(23)15-8-3-2-4-9-15/h2-6,8-11H,7,12-14H2,1H3,(H,21,22). The fraction of sp³-hybridized carbons (Fsp3) is 0.250. The van der Waals surface area contributed by atoms with E-state index >= 15 is 0 Å². The van der Waals surface area contributed by atoms with Crippen molar-refractivity contribution in [2.24, 2.45) is 0 Å². The van der Waals surface area contributed by atoms with Gasteiger partial charge in [-0.1, -0.05) is 48.5 Å². The van der Waals surface area contributed by atoms with Crippen molar-refractivity contribution in [2.45, 2.75) is 6.42 Å². The second-order valence-corrected chi connectivity index (χ2v) is 5.51. The number of esters is 1. The molecule has 0 heterocycles. The molecule has 0 aliphatic heterocycles. The molecular weight excluding hydrogens is 334 g/mol. The summed E-state index contributed by atoms with van der Waals surface area (Å²) in [5.74, 6) is -1.39. The second kappa shape index (κ2) is 10.1. The molecule has 0 radical (unpaired) electrons. The second-order valence-electron chi connectivity index (χ2n) is 5.51. The first-order valence-electron chi connectivity index (χ1n) is 8.25. The summed E-state index contributed by atoms with van der Waals surface area (Å²) < 4.78 is 9.92. The van der Waals surface area contributed by atoms with E-state index in [2.05, 4.69) is 5.32 Å². The minimum atomic E-state index is -0.711. The summed E-state index contributed by atoms with van der Waals surface area (Å²) in [6.45, 7) is 0.571. The van der Waals surface area contributed by atoms with Gasteiger partial charge in [0.15, 0.2) is 12.4 Å². The zero-order valence-electron chi connectivity index (χ0n) is 14.6. The smallest absolute Gasteiger partial charge is 0.339 e. The van der Waals surface area contributed by atoms with Crippen LogP contribution < -0.4 is 5.32 Å². The van der Waals surface area contributed by atoms with E-state index in [0.717, 1.165) is 0 Å². The molecule has 0 aliphatic carbocycles. The zero-order valence-corrected chi connectivity index (χ0v) is 14.6. The van der Waals surface area contributed by atoms with Crippen molar-refractivity contribution in [3.63, 3.8) is 0 Å². The molecule has 2 aromatic carbocycles. The quantitative estimate of drug-likeness (QED) is 0.424. The van der Waals surface area contributed by atoms with Gasteiger partial charge in [0.2, 0.25) is 0 Å². The number of carbonyl (C=O) groups is 3. The van der Waals surface area contributed by atoms with Crippen LogP contribution in [-0.2, 0) is 14.3 Å². The predicted molar refractivity (Wildman–Crippen MR) is 96.1 cm³/mol. The van der Waals surface area contributed by atoms with E-state index in [-0.39, 0.29) is 16.9 Å². The SMILES string of the molecule is COCCCNC(=O)COC(=O)c1ccccc1C(=O)c1ccccc1. The Morgan fingerprint density at radius 1 is 0.923 bits per heavy atom. The Labute approximate surface area is 152 Å². The predicted octanol–water partition coefficient (Wildman–Crippen LogP) is 2.23. The average Bonchev–Trinajstić information content (AvgIpc) is 2.69. The van der Waals surface area contributed by atoms with Gasteiger partial charge < -0.3 is 14.8 Å². The van der Waals surface area contributed by atoms with Crippen LogP contribution in [0.3, 0.4) is 0 Å². The van der Waals surface area contributed by atoms with Crippen molar-refractivity contribution in [3.8, 4) is 0 Å². The summed E-state index contributed by atoms with van der Waals surface area (Å²) >= 11 is 0. The monoisotopic (exact) mass is 355 g/mol. The molecule has 0 bridgehead atoms. The molecule has 26 heavy (non-hydrogen) atoms. The molecule has 2 aromatic rings. The van der Waals surface area contributed by atoms with E-state index in [9.17, 15) is 14.4 Å². The Hall–Kier alpha value is -2.99. The molecule has 1 amide bonds. The molecule has 1 N–H and O–H groups in total. The van der Waals surface area contributed by atoms with Gasteiger partial charge in [0.25, 0.3) is 5.91 Å². The van der Waals surface area contributed by atoms with Crippen LogP contribution in [0.15, 0.2) is 54.6 Å². The lowest BCUT2D eigenvalue weighted by molar-refractivity contribution is -0.124. The Bertz CT molecular complexity index is 758. The first-order chi connectivity index (χ1) is 12.6. The molecule has 136 valence electrons. The van der Waals surface area contributed by atoms with Gasteiger partial charge >= 0.3 is 5.97 Å². The number of hydrogen-bond donors (Lipinski definition) is 1. The Balaban J connectivity index is 1.99. The maximum Gasteiger partial charge on any atom is 0.339 e. The van der Waals surface area contributed by atoms with Crippen molar-refractivity contribution < 1.29 is 23.9 Å². The number of rotatable bonds is 9. The van der Waals surface area contributed by atoms with Gasteiger partial charge in [0.05, 0.1) is 5.56 Å². The lowest BCUT2D eigenvalue weighted by atomic mass is 9.98. The third-order valence-electron chi connectivity index (χ3n) is 3.61. The van der Waals surface area contributed by atoms with Crippen molar-refractivity contribution in [1.82, 2.24) is 5.32 Å². The molecule has 6 heteroatoms. The summed E-state index contributed by atoms with van der Waals surface area (Å²) in [5.41, 5.74) is 0.848. The Kier molecular flexibility index (Phi) is 7.51. The fourth-order valence-corrected chi connectivity index (χ4v) is 2.31. The third-order valence-corrected chi connectivity index (χ3v) is 3.61. The summed E-state index contributed by atoms with van der Waals surface area (Å²) in [6, 6.07) is 15.1. The van der Waals surface area contributed by atoms with E-state index in [1.807, 2.05) is 6.07 Å². The number of carbonyl (C=O) groups excluding carboxylic acids is 3. The van der Waals surface area contributed by atoms with E-state index < -0.39 is 18.5 Å². The number of nitrogens with one attached hydrogen (secondary N) is 1. The van der Waals surface area contributed by atoms with Gasteiger partial charge in [0, 0.05) is 31.4 Å². The largest absolute Gasteiger partial charge is 0.452 e. The maximum atomic E-state index is 12.6. The molecule has 0 saturated heterocycles. The van der Waals surface area contributed by atoms with Crippen LogP contribution in [0.1, 0.15) is 32.7 Å². The van der Waals surface area contributed by atoms with Crippen LogP contribution in [0.4, 0.5) is 0 Å².